The van der Waals surface area contributed by atoms with Gasteiger partial charge in [0.15, 0.2) is 5.03 Å². The first-order valence-electron chi connectivity index (χ1n) is 5.57. The van der Waals surface area contributed by atoms with Gasteiger partial charge in [0, 0.05) is 6.04 Å². The minimum atomic E-state index is -3.45. The van der Waals surface area contributed by atoms with Crippen LogP contribution in [-0.4, -0.2) is 35.9 Å². The molecule has 5 nitrogen and oxygen atoms in total. The third-order valence-electron chi connectivity index (χ3n) is 2.22. The van der Waals surface area contributed by atoms with Gasteiger partial charge in [-0.2, -0.15) is 11.8 Å². The minimum Gasteiger partial charge on any atom is -0.332 e. The van der Waals surface area contributed by atoms with E-state index in [1.807, 2.05) is 18.7 Å². The molecule has 0 saturated carbocycles. The first-order valence-corrected chi connectivity index (χ1v) is 8.21. The van der Waals surface area contributed by atoms with E-state index in [0.717, 1.165) is 17.9 Å². The van der Waals surface area contributed by atoms with E-state index >= 15 is 0 Å². The zero-order valence-electron chi connectivity index (χ0n) is 10.4. The van der Waals surface area contributed by atoms with Crippen molar-refractivity contribution in [2.24, 2.45) is 0 Å². The quantitative estimate of drug-likeness (QED) is 0.741. The predicted molar refractivity (Wildman–Crippen MR) is 70.7 cm³/mol. The van der Waals surface area contributed by atoms with Crippen LogP contribution in [0.2, 0.25) is 0 Å². The molecule has 0 aliphatic heterocycles. The summed E-state index contributed by atoms with van der Waals surface area (Å²) in [6, 6.07) is -0.0670. The number of imidazole rings is 1. The highest BCUT2D eigenvalue weighted by Crippen LogP contribution is 2.09. The fourth-order valence-corrected chi connectivity index (χ4v) is 3.38. The van der Waals surface area contributed by atoms with Crippen LogP contribution in [-0.2, 0) is 10.0 Å². The number of hydrogen-bond acceptors (Lipinski definition) is 4. The van der Waals surface area contributed by atoms with Gasteiger partial charge in [0.25, 0.3) is 10.0 Å². The first-order chi connectivity index (χ1) is 7.95. The SMILES string of the molecule is CCSCCC(C)NS(=O)(=O)c1cnc(C)[nH]1. The topological polar surface area (TPSA) is 74.8 Å². The van der Waals surface area contributed by atoms with Gasteiger partial charge in [0.1, 0.15) is 5.82 Å². The molecule has 0 aliphatic rings. The highest BCUT2D eigenvalue weighted by Gasteiger charge is 2.18. The number of aryl methyl sites for hydroxylation is 1. The first kappa shape index (κ1) is 14.5. The molecule has 0 aliphatic carbocycles. The number of thioether (sulfide) groups is 1. The summed E-state index contributed by atoms with van der Waals surface area (Å²) >= 11 is 1.81. The van der Waals surface area contributed by atoms with Crippen molar-refractivity contribution in [3.63, 3.8) is 0 Å². The van der Waals surface area contributed by atoms with Crippen LogP contribution < -0.4 is 4.72 Å². The molecule has 1 aromatic rings. The van der Waals surface area contributed by atoms with Crippen LogP contribution in [0.15, 0.2) is 11.2 Å². The summed E-state index contributed by atoms with van der Waals surface area (Å²) in [5.74, 6) is 2.61. The van der Waals surface area contributed by atoms with Gasteiger partial charge >= 0.3 is 0 Å². The van der Waals surface area contributed by atoms with E-state index in [0.29, 0.717) is 5.82 Å². The van der Waals surface area contributed by atoms with Crippen LogP contribution in [0.25, 0.3) is 0 Å². The summed E-state index contributed by atoms with van der Waals surface area (Å²) in [5, 5.41) is 0.130. The Kier molecular flexibility index (Phi) is 5.48. The fourth-order valence-electron chi connectivity index (χ4n) is 1.33. The summed E-state index contributed by atoms with van der Waals surface area (Å²) < 4.78 is 26.4. The summed E-state index contributed by atoms with van der Waals surface area (Å²) in [4.78, 5) is 6.61. The van der Waals surface area contributed by atoms with Gasteiger partial charge in [0.05, 0.1) is 6.20 Å². The Morgan fingerprint density at radius 1 is 1.59 bits per heavy atom. The molecule has 1 heterocycles. The van der Waals surface area contributed by atoms with E-state index in [1.165, 1.54) is 6.20 Å². The van der Waals surface area contributed by atoms with Crippen molar-refractivity contribution >= 4 is 21.8 Å². The lowest BCUT2D eigenvalue weighted by Crippen LogP contribution is -2.33. The molecule has 0 radical (unpaired) electrons. The molecular formula is C10H19N3O2S2. The summed E-state index contributed by atoms with van der Waals surface area (Å²) in [6.45, 7) is 5.68. The number of rotatable bonds is 7. The van der Waals surface area contributed by atoms with E-state index in [4.69, 9.17) is 0 Å². The number of sulfonamides is 1. The van der Waals surface area contributed by atoms with Crippen molar-refractivity contribution in [1.29, 1.82) is 0 Å². The second kappa shape index (κ2) is 6.42. The van der Waals surface area contributed by atoms with E-state index in [2.05, 4.69) is 21.6 Å². The van der Waals surface area contributed by atoms with Crippen molar-refractivity contribution in [2.45, 2.75) is 38.3 Å². The van der Waals surface area contributed by atoms with Gasteiger partial charge in [-0.3, -0.25) is 0 Å². The maximum Gasteiger partial charge on any atom is 0.257 e. The van der Waals surface area contributed by atoms with Crippen molar-refractivity contribution in [1.82, 2.24) is 14.7 Å². The molecule has 0 amide bonds. The average Bonchev–Trinajstić information content (AvgIpc) is 2.65. The van der Waals surface area contributed by atoms with Crippen molar-refractivity contribution in [3.8, 4) is 0 Å². The molecular weight excluding hydrogens is 258 g/mol. The minimum absolute atomic E-state index is 0.0670. The van der Waals surface area contributed by atoms with Crippen molar-refractivity contribution in [3.05, 3.63) is 12.0 Å². The molecule has 1 rings (SSSR count). The third-order valence-corrected chi connectivity index (χ3v) is 4.66. The Labute approximate surface area is 107 Å². The molecule has 98 valence electrons. The molecule has 2 N–H and O–H groups in total. The second-order valence-electron chi connectivity index (χ2n) is 3.84. The van der Waals surface area contributed by atoms with E-state index < -0.39 is 10.0 Å². The fraction of sp³-hybridized carbons (Fsp3) is 0.700. The molecule has 1 aromatic heterocycles. The number of aromatic amines is 1. The van der Waals surface area contributed by atoms with Crippen LogP contribution in [0, 0.1) is 6.92 Å². The number of nitrogens with one attached hydrogen (secondary N) is 2. The van der Waals surface area contributed by atoms with E-state index in [1.54, 1.807) is 6.92 Å². The average molecular weight is 277 g/mol. The highest BCUT2D eigenvalue weighted by atomic mass is 32.2. The summed E-state index contributed by atoms with van der Waals surface area (Å²) in [5.41, 5.74) is 0. The molecule has 0 aromatic carbocycles. The molecule has 1 unspecified atom stereocenters. The van der Waals surface area contributed by atoms with Crippen LogP contribution in [0.5, 0.6) is 0 Å². The van der Waals surface area contributed by atoms with Crippen LogP contribution in [0.1, 0.15) is 26.1 Å². The zero-order chi connectivity index (χ0) is 12.9. The smallest absolute Gasteiger partial charge is 0.257 e. The lowest BCUT2D eigenvalue weighted by molar-refractivity contribution is 0.554. The molecule has 7 heteroatoms. The van der Waals surface area contributed by atoms with Gasteiger partial charge in [0.2, 0.25) is 0 Å². The lowest BCUT2D eigenvalue weighted by atomic mass is 10.3. The number of aromatic nitrogens is 2. The molecule has 17 heavy (non-hydrogen) atoms. The summed E-state index contributed by atoms with van der Waals surface area (Å²) in [6.07, 6.45) is 2.16. The Morgan fingerprint density at radius 3 is 2.82 bits per heavy atom. The van der Waals surface area contributed by atoms with Gasteiger partial charge in [-0.15, -0.1) is 0 Å². The van der Waals surface area contributed by atoms with Gasteiger partial charge in [-0.25, -0.2) is 18.1 Å². The number of H-pyrrole nitrogens is 1. The van der Waals surface area contributed by atoms with Crippen molar-refractivity contribution in [2.75, 3.05) is 11.5 Å². The van der Waals surface area contributed by atoms with E-state index in [-0.39, 0.29) is 11.1 Å². The van der Waals surface area contributed by atoms with Crippen molar-refractivity contribution < 1.29 is 8.42 Å². The highest BCUT2D eigenvalue weighted by molar-refractivity contribution is 7.99. The molecule has 0 fully saturated rings. The molecule has 0 bridgehead atoms. The largest absolute Gasteiger partial charge is 0.332 e. The zero-order valence-corrected chi connectivity index (χ0v) is 12.0. The normalized spacial score (nSPS) is 13.8. The predicted octanol–water partition coefficient (Wildman–Crippen LogP) is 1.53. The van der Waals surface area contributed by atoms with Crippen LogP contribution >= 0.6 is 11.8 Å². The Hall–Kier alpha value is -0.530. The standard InChI is InChI=1S/C10H19N3O2S2/c1-4-16-6-5-8(2)13-17(14,15)10-7-11-9(3)12-10/h7-8,13H,4-6H2,1-3H3,(H,11,12). The Balaban J connectivity index is 2.55. The number of nitrogens with zero attached hydrogens (tertiary/aromatic N) is 1. The third kappa shape index (κ3) is 4.69. The van der Waals surface area contributed by atoms with Gasteiger partial charge in [-0.1, -0.05) is 6.92 Å². The van der Waals surface area contributed by atoms with Gasteiger partial charge < -0.3 is 4.98 Å². The molecule has 0 saturated heterocycles. The maximum atomic E-state index is 11.9. The molecule has 0 spiro atoms. The molecule has 1 atom stereocenters. The second-order valence-corrected chi connectivity index (χ2v) is 6.92. The Morgan fingerprint density at radius 2 is 2.29 bits per heavy atom. The van der Waals surface area contributed by atoms with Crippen LogP contribution in [0.4, 0.5) is 0 Å². The Bertz CT molecular complexity index is 442. The lowest BCUT2D eigenvalue weighted by Gasteiger charge is -2.12. The van der Waals surface area contributed by atoms with Gasteiger partial charge in [-0.05, 0) is 31.8 Å². The number of hydrogen-bond donors (Lipinski definition) is 2. The van der Waals surface area contributed by atoms with E-state index in [9.17, 15) is 8.42 Å². The summed E-state index contributed by atoms with van der Waals surface area (Å²) in [7, 11) is -3.45. The monoisotopic (exact) mass is 277 g/mol. The maximum absolute atomic E-state index is 11.9. The van der Waals surface area contributed by atoms with Crippen LogP contribution in [0.3, 0.4) is 0 Å².